The van der Waals surface area contributed by atoms with Gasteiger partial charge in [-0.15, -0.1) is 0 Å². The second-order valence-corrected chi connectivity index (χ2v) is 17.6. The highest BCUT2D eigenvalue weighted by molar-refractivity contribution is 6.20. The summed E-state index contributed by atoms with van der Waals surface area (Å²) >= 11 is 0. The molecule has 0 N–H and O–H groups in total. The summed E-state index contributed by atoms with van der Waals surface area (Å²) in [4.78, 5) is 11.0. The molecule has 0 saturated carbocycles. The van der Waals surface area contributed by atoms with Crippen molar-refractivity contribution in [3.8, 4) is 67.2 Å². The number of hydrogen-bond donors (Lipinski definition) is 0. The van der Waals surface area contributed by atoms with E-state index in [1.165, 1.54) is 71.4 Å². The minimum Gasteiger partial charge on any atom is -0.248 e. The summed E-state index contributed by atoms with van der Waals surface area (Å²) in [6.07, 6.45) is 0. The third kappa shape index (κ3) is 5.23. The topological polar surface area (TPSA) is 25.8 Å². The van der Waals surface area contributed by atoms with Gasteiger partial charge in [-0.1, -0.05) is 194 Å². The first-order valence-corrected chi connectivity index (χ1v) is 22.5. The molecule has 1 spiro atoms. The van der Waals surface area contributed by atoms with Crippen molar-refractivity contribution in [3.63, 3.8) is 0 Å². The maximum absolute atomic E-state index is 5.52. The van der Waals surface area contributed by atoms with Crippen LogP contribution in [0.3, 0.4) is 0 Å². The highest BCUT2D eigenvalue weighted by atomic mass is 14.7. The zero-order valence-electron chi connectivity index (χ0n) is 35.3. The summed E-state index contributed by atoms with van der Waals surface area (Å²) in [6, 6.07) is 84.5. The third-order valence-corrected chi connectivity index (χ3v) is 14.2. The molecular weight excluding hydrogens is 785 g/mol. The van der Waals surface area contributed by atoms with Gasteiger partial charge in [0.15, 0.2) is 0 Å². The van der Waals surface area contributed by atoms with Gasteiger partial charge in [0.2, 0.25) is 0 Å². The van der Waals surface area contributed by atoms with Crippen LogP contribution in [-0.2, 0) is 5.41 Å². The lowest BCUT2D eigenvalue weighted by Gasteiger charge is -2.30. The number of para-hydroxylation sites is 1. The van der Waals surface area contributed by atoms with Crippen molar-refractivity contribution in [3.05, 3.63) is 253 Å². The van der Waals surface area contributed by atoms with Gasteiger partial charge in [-0.05, 0) is 114 Å². The maximum atomic E-state index is 5.52. The molecule has 2 aromatic heterocycles. The molecule has 12 aromatic rings. The molecule has 0 bridgehead atoms. The predicted octanol–water partition coefficient (Wildman–Crippen LogP) is 16.1. The molecule has 0 unspecified atom stereocenters. The van der Waals surface area contributed by atoms with E-state index in [4.69, 9.17) is 9.97 Å². The largest absolute Gasteiger partial charge is 0.248 e. The number of hydrogen-bond acceptors (Lipinski definition) is 2. The standard InChI is InChI=1S/C63H38N2/c1-3-16-41-34-43(30-28-39(41)14-1)47-37-58(64-59(38-47)45-31-29-40-15-2-4-17-42(40)35-45)44-18-13-19-46(36-44)62-52-32-33-56-61(60(52)51-23-8-12-27-57(51)65-62)50-22-7-11-26-55(50)63(56)53-24-9-5-20-48(53)49-21-6-10-25-54(49)63/h1-38H. The van der Waals surface area contributed by atoms with Gasteiger partial charge in [0.25, 0.3) is 0 Å². The lowest BCUT2D eigenvalue weighted by Crippen LogP contribution is -2.25. The Labute approximate surface area is 376 Å². The van der Waals surface area contributed by atoms with Gasteiger partial charge in [0.1, 0.15) is 0 Å². The first-order chi connectivity index (χ1) is 32.2. The van der Waals surface area contributed by atoms with Gasteiger partial charge in [0, 0.05) is 32.8 Å². The lowest BCUT2D eigenvalue weighted by molar-refractivity contribution is 0.794. The summed E-state index contributed by atoms with van der Waals surface area (Å²) in [5, 5.41) is 8.40. The second-order valence-electron chi connectivity index (χ2n) is 17.6. The van der Waals surface area contributed by atoms with Crippen LogP contribution in [0.15, 0.2) is 231 Å². The summed E-state index contributed by atoms with van der Waals surface area (Å²) < 4.78 is 0. The van der Waals surface area contributed by atoms with Crippen molar-refractivity contribution in [2.75, 3.05) is 0 Å². The molecule has 0 amide bonds. The van der Waals surface area contributed by atoms with Crippen molar-refractivity contribution in [1.29, 1.82) is 0 Å². The van der Waals surface area contributed by atoms with Crippen LogP contribution in [0.4, 0.5) is 0 Å². The van der Waals surface area contributed by atoms with E-state index in [2.05, 4.69) is 231 Å². The fourth-order valence-corrected chi connectivity index (χ4v) is 11.4. The lowest BCUT2D eigenvalue weighted by atomic mass is 9.70. The number of benzene rings is 10. The van der Waals surface area contributed by atoms with Crippen LogP contribution >= 0.6 is 0 Å². The molecule has 14 rings (SSSR count). The molecule has 0 radical (unpaired) electrons. The summed E-state index contributed by atoms with van der Waals surface area (Å²) in [5.41, 5.74) is 19.4. The molecule has 2 heterocycles. The molecule has 0 aliphatic heterocycles. The van der Waals surface area contributed by atoms with Gasteiger partial charge in [-0.3, -0.25) is 0 Å². The summed E-state index contributed by atoms with van der Waals surface area (Å²) in [5.74, 6) is 0. The first kappa shape index (κ1) is 36.1. The van der Waals surface area contributed by atoms with E-state index in [0.717, 1.165) is 61.2 Å². The highest BCUT2D eigenvalue weighted by Gasteiger charge is 2.52. The van der Waals surface area contributed by atoms with Crippen LogP contribution in [0.2, 0.25) is 0 Å². The van der Waals surface area contributed by atoms with E-state index in [-0.39, 0.29) is 0 Å². The molecule has 65 heavy (non-hydrogen) atoms. The van der Waals surface area contributed by atoms with Crippen LogP contribution < -0.4 is 0 Å². The summed E-state index contributed by atoms with van der Waals surface area (Å²) in [7, 11) is 0. The Morgan fingerprint density at radius 1 is 0.292 bits per heavy atom. The smallest absolute Gasteiger partial charge is 0.0788 e. The first-order valence-electron chi connectivity index (χ1n) is 22.5. The van der Waals surface area contributed by atoms with Gasteiger partial charge >= 0.3 is 0 Å². The average molecular weight is 823 g/mol. The molecule has 2 aliphatic carbocycles. The molecular formula is C63H38N2. The van der Waals surface area contributed by atoms with Crippen LogP contribution in [-0.4, -0.2) is 9.97 Å². The molecule has 10 aromatic carbocycles. The zero-order chi connectivity index (χ0) is 42.6. The van der Waals surface area contributed by atoms with Gasteiger partial charge in [0.05, 0.1) is 28.0 Å². The van der Waals surface area contributed by atoms with Crippen LogP contribution in [0.1, 0.15) is 22.3 Å². The number of rotatable bonds is 4. The van der Waals surface area contributed by atoms with Crippen LogP contribution in [0, 0.1) is 0 Å². The van der Waals surface area contributed by atoms with Gasteiger partial charge in [-0.25, -0.2) is 9.97 Å². The number of fused-ring (bicyclic) bond motifs is 16. The van der Waals surface area contributed by atoms with Crippen LogP contribution in [0.25, 0.3) is 110 Å². The van der Waals surface area contributed by atoms with Crippen molar-refractivity contribution in [2.24, 2.45) is 0 Å². The van der Waals surface area contributed by atoms with E-state index in [0.29, 0.717) is 0 Å². The molecule has 2 nitrogen and oxygen atoms in total. The van der Waals surface area contributed by atoms with Crippen LogP contribution in [0.5, 0.6) is 0 Å². The Bertz CT molecular complexity index is 3830. The maximum Gasteiger partial charge on any atom is 0.0788 e. The average Bonchev–Trinajstić information content (AvgIpc) is 3.85. The van der Waals surface area contributed by atoms with Gasteiger partial charge < -0.3 is 0 Å². The Morgan fingerprint density at radius 2 is 0.831 bits per heavy atom. The Kier molecular flexibility index (Phi) is 7.64. The van der Waals surface area contributed by atoms with Crippen molar-refractivity contribution >= 4 is 43.2 Å². The van der Waals surface area contributed by atoms with Crippen molar-refractivity contribution in [2.45, 2.75) is 5.41 Å². The molecule has 0 saturated heterocycles. The highest BCUT2D eigenvalue weighted by Crippen LogP contribution is 2.64. The summed E-state index contributed by atoms with van der Waals surface area (Å²) in [6.45, 7) is 0. The van der Waals surface area contributed by atoms with E-state index < -0.39 is 5.41 Å². The Hall–Kier alpha value is -8.46. The molecule has 2 aliphatic rings. The fourth-order valence-electron chi connectivity index (χ4n) is 11.4. The van der Waals surface area contributed by atoms with Crippen molar-refractivity contribution < 1.29 is 0 Å². The Balaban J connectivity index is 0.994. The third-order valence-electron chi connectivity index (χ3n) is 14.2. The quantitative estimate of drug-likeness (QED) is 0.165. The minimum absolute atomic E-state index is 0.428. The molecule has 2 heteroatoms. The molecule has 0 fully saturated rings. The van der Waals surface area contributed by atoms with E-state index in [1.807, 2.05) is 0 Å². The van der Waals surface area contributed by atoms with Crippen molar-refractivity contribution in [1.82, 2.24) is 9.97 Å². The number of aromatic nitrogens is 2. The van der Waals surface area contributed by atoms with E-state index >= 15 is 0 Å². The number of nitrogens with zero attached hydrogens (tertiary/aromatic N) is 2. The molecule has 300 valence electrons. The monoisotopic (exact) mass is 822 g/mol. The van der Waals surface area contributed by atoms with E-state index in [1.54, 1.807) is 0 Å². The SMILES string of the molecule is c1cc(-c2cc(-c3ccc4ccccc4c3)cc(-c3ccc4ccccc4c3)n2)cc(-c2nc3ccccc3c3c4c(ccc23)C2(c3ccccc3-c3ccccc32)c2ccccc2-4)c1. The van der Waals surface area contributed by atoms with Gasteiger partial charge in [-0.2, -0.15) is 0 Å². The van der Waals surface area contributed by atoms with E-state index in [9.17, 15) is 0 Å². The Morgan fingerprint density at radius 3 is 1.54 bits per heavy atom. The normalized spacial score (nSPS) is 13.0. The minimum atomic E-state index is -0.428. The second kappa shape index (κ2) is 13.8. The zero-order valence-corrected chi connectivity index (χ0v) is 35.3. The fraction of sp³-hybridized carbons (Fsp3) is 0.0159. The number of pyridine rings is 2. The predicted molar refractivity (Wildman–Crippen MR) is 270 cm³/mol. The molecule has 0 atom stereocenters.